The molecule has 0 saturated heterocycles. The van der Waals surface area contributed by atoms with E-state index in [9.17, 15) is 4.79 Å². The lowest BCUT2D eigenvalue weighted by molar-refractivity contribution is -0.131. The highest BCUT2D eigenvalue weighted by Crippen LogP contribution is 2.17. The van der Waals surface area contributed by atoms with Crippen LogP contribution in [0.2, 0.25) is 5.15 Å². The summed E-state index contributed by atoms with van der Waals surface area (Å²) < 4.78 is 0. The van der Waals surface area contributed by atoms with Crippen LogP contribution in [-0.4, -0.2) is 33.9 Å². The molecule has 0 N–H and O–H groups in total. The predicted molar refractivity (Wildman–Crippen MR) is 63.3 cm³/mol. The van der Waals surface area contributed by atoms with Crippen LogP contribution in [0.5, 0.6) is 0 Å². The molecule has 1 aromatic rings. The number of nitriles is 1. The molecule has 0 aliphatic carbocycles. The molecule has 0 spiro atoms. The molecule has 0 radical (unpaired) electrons. The Hall–Kier alpha value is -1.67. The Balaban J connectivity index is 3.00. The number of hydrogen-bond acceptors (Lipinski definition) is 4. The van der Waals surface area contributed by atoms with E-state index in [-0.39, 0.29) is 11.1 Å². The second-order valence-corrected chi connectivity index (χ2v) is 3.73. The van der Waals surface area contributed by atoms with Gasteiger partial charge in [-0.25, -0.2) is 9.97 Å². The standard InChI is InChI=1S/C11H13ClN4O/c1-3-16(4-2)11(17)8(6-13)9-5-10(12)15-7-14-9/h5,7-8H,3-4H2,1-2H3. The molecule has 1 rings (SSSR count). The fourth-order valence-corrected chi connectivity index (χ4v) is 1.63. The van der Waals surface area contributed by atoms with E-state index in [0.29, 0.717) is 18.8 Å². The lowest BCUT2D eigenvalue weighted by atomic mass is 10.1. The largest absolute Gasteiger partial charge is 0.342 e. The third-order valence-corrected chi connectivity index (χ3v) is 2.61. The van der Waals surface area contributed by atoms with Crippen molar-refractivity contribution in [3.8, 4) is 6.07 Å². The minimum Gasteiger partial charge on any atom is -0.342 e. The van der Waals surface area contributed by atoms with Crippen LogP contribution in [0.15, 0.2) is 12.4 Å². The van der Waals surface area contributed by atoms with Gasteiger partial charge in [0.15, 0.2) is 5.92 Å². The highest BCUT2D eigenvalue weighted by Gasteiger charge is 2.25. The summed E-state index contributed by atoms with van der Waals surface area (Å²) in [7, 11) is 0. The number of rotatable bonds is 4. The van der Waals surface area contributed by atoms with Gasteiger partial charge in [-0.3, -0.25) is 4.79 Å². The van der Waals surface area contributed by atoms with Gasteiger partial charge in [-0.15, -0.1) is 0 Å². The summed E-state index contributed by atoms with van der Waals surface area (Å²) in [5.41, 5.74) is 0.337. The first kappa shape index (κ1) is 13.4. The molecule has 0 aromatic carbocycles. The molecule has 17 heavy (non-hydrogen) atoms. The second kappa shape index (κ2) is 6.16. The normalized spacial score (nSPS) is 11.6. The van der Waals surface area contributed by atoms with Crippen molar-refractivity contribution in [2.45, 2.75) is 19.8 Å². The molecule has 90 valence electrons. The number of nitrogens with zero attached hydrogens (tertiary/aromatic N) is 4. The quantitative estimate of drug-likeness (QED) is 0.764. The van der Waals surface area contributed by atoms with Gasteiger partial charge in [0.25, 0.3) is 0 Å². The van der Waals surface area contributed by atoms with Crippen molar-refractivity contribution in [1.82, 2.24) is 14.9 Å². The third-order valence-electron chi connectivity index (χ3n) is 2.40. The fourth-order valence-electron chi connectivity index (χ4n) is 1.47. The molecule has 1 amide bonds. The van der Waals surface area contributed by atoms with E-state index in [4.69, 9.17) is 16.9 Å². The van der Waals surface area contributed by atoms with Crippen LogP contribution >= 0.6 is 11.6 Å². The van der Waals surface area contributed by atoms with E-state index >= 15 is 0 Å². The molecule has 6 heteroatoms. The minimum absolute atomic E-state index is 0.225. The lowest BCUT2D eigenvalue weighted by Gasteiger charge is -2.21. The van der Waals surface area contributed by atoms with E-state index in [0.717, 1.165) is 0 Å². The Morgan fingerprint density at radius 1 is 1.53 bits per heavy atom. The third kappa shape index (κ3) is 3.14. The minimum atomic E-state index is -0.921. The molecule has 1 heterocycles. The van der Waals surface area contributed by atoms with E-state index in [1.807, 2.05) is 19.9 Å². The van der Waals surface area contributed by atoms with Gasteiger partial charge in [-0.1, -0.05) is 11.6 Å². The zero-order valence-corrected chi connectivity index (χ0v) is 10.5. The van der Waals surface area contributed by atoms with Gasteiger partial charge in [-0.2, -0.15) is 5.26 Å². The summed E-state index contributed by atoms with van der Waals surface area (Å²) in [6.07, 6.45) is 1.25. The van der Waals surface area contributed by atoms with Crippen LogP contribution in [-0.2, 0) is 4.79 Å². The zero-order valence-electron chi connectivity index (χ0n) is 9.72. The van der Waals surface area contributed by atoms with Crippen LogP contribution in [0.25, 0.3) is 0 Å². The molecule has 0 aliphatic rings. The summed E-state index contributed by atoms with van der Waals surface area (Å²) in [5, 5.41) is 9.30. The highest BCUT2D eigenvalue weighted by molar-refractivity contribution is 6.29. The van der Waals surface area contributed by atoms with Crippen molar-refractivity contribution >= 4 is 17.5 Å². The number of aromatic nitrogens is 2. The number of carbonyl (C=O) groups excluding carboxylic acids is 1. The van der Waals surface area contributed by atoms with Crippen molar-refractivity contribution in [3.63, 3.8) is 0 Å². The number of amides is 1. The van der Waals surface area contributed by atoms with Crippen molar-refractivity contribution in [2.75, 3.05) is 13.1 Å². The Kier molecular flexibility index (Phi) is 4.85. The molecule has 0 bridgehead atoms. The van der Waals surface area contributed by atoms with Crippen LogP contribution in [0, 0.1) is 11.3 Å². The van der Waals surface area contributed by atoms with Crippen molar-refractivity contribution in [1.29, 1.82) is 5.26 Å². The maximum Gasteiger partial charge on any atom is 0.246 e. The summed E-state index contributed by atoms with van der Waals surface area (Å²) in [6.45, 7) is 4.85. The van der Waals surface area contributed by atoms with E-state index in [1.165, 1.54) is 12.4 Å². The Morgan fingerprint density at radius 2 is 2.18 bits per heavy atom. The summed E-state index contributed by atoms with van der Waals surface area (Å²) in [6, 6.07) is 3.40. The van der Waals surface area contributed by atoms with Gasteiger partial charge >= 0.3 is 0 Å². The average Bonchev–Trinajstić information content (AvgIpc) is 2.31. The smallest absolute Gasteiger partial charge is 0.246 e. The molecule has 0 saturated carbocycles. The molecule has 0 fully saturated rings. The van der Waals surface area contributed by atoms with Gasteiger partial charge in [0, 0.05) is 13.1 Å². The van der Waals surface area contributed by atoms with E-state index < -0.39 is 5.92 Å². The lowest BCUT2D eigenvalue weighted by Crippen LogP contribution is -2.34. The van der Waals surface area contributed by atoms with Crippen LogP contribution < -0.4 is 0 Å². The van der Waals surface area contributed by atoms with E-state index in [1.54, 1.807) is 4.90 Å². The molecule has 1 unspecified atom stereocenters. The van der Waals surface area contributed by atoms with Gasteiger partial charge < -0.3 is 4.90 Å². The molecule has 0 aliphatic heterocycles. The maximum absolute atomic E-state index is 12.0. The number of halogens is 1. The van der Waals surface area contributed by atoms with Crippen LogP contribution in [0.1, 0.15) is 25.5 Å². The first-order valence-electron chi connectivity index (χ1n) is 5.29. The molecule has 1 atom stereocenters. The zero-order chi connectivity index (χ0) is 12.8. The Morgan fingerprint density at radius 3 is 2.65 bits per heavy atom. The Bertz CT molecular complexity index is 439. The van der Waals surface area contributed by atoms with Crippen LogP contribution in [0.3, 0.4) is 0 Å². The summed E-state index contributed by atoms with van der Waals surface area (Å²) in [4.78, 5) is 21.3. The average molecular weight is 253 g/mol. The summed E-state index contributed by atoms with van der Waals surface area (Å²) in [5.74, 6) is -1.18. The number of likely N-dealkylation sites (N-methyl/N-ethyl adjacent to an activating group) is 1. The number of carbonyl (C=O) groups is 1. The van der Waals surface area contributed by atoms with Gasteiger partial charge in [0.2, 0.25) is 5.91 Å². The van der Waals surface area contributed by atoms with Crippen LogP contribution in [0.4, 0.5) is 0 Å². The summed E-state index contributed by atoms with van der Waals surface area (Å²) >= 11 is 5.71. The number of hydrogen-bond donors (Lipinski definition) is 0. The van der Waals surface area contributed by atoms with Crippen molar-refractivity contribution < 1.29 is 4.79 Å². The van der Waals surface area contributed by atoms with Gasteiger partial charge in [-0.05, 0) is 19.9 Å². The van der Waals surface area contributed by atoms with Crippen molar-refractivity contribution in [3.05, 3.63) is 23.2 Å². The van der Waals surface area contributed by atoms with E-state index in [2.05, 4.69) is 9.97 Å². The maximum atomic E-state index is 12.0. The topological polar surface area (TPSA) is 69.9 Å². The van der Waals surface area contributed by atoms with Gasteiger partial charge in [0.05, 0.1) is 11.8 Å². The molecule has 1 aromatic heterocycles. The molecular formula is C11H13ClN4O. The fraction of sp³-hybridized carbons (Fsp3) is 0.455. The predicted octanol–water partition coefficient (Wildman–Crippen LogP) is 1.61. The van der Waals surface area contributed by atoms with Gasteiger partial charge in [0.1, 0.15) is 11.5 Å². The van der Waals surface area contributed by atoms with Crippen molar-refractivity contribution in [2.24, 2.45) is 0 Å². The molecule has 5 nitrogen and oxygen atoms in total. The Labute approximate surface area is 105 Å². The SMILES string of the molecule is CCN(CC)C(=O)C(C#N)c1cc(Cl)ncn1. The first-order valence-corrected chi connectivity index (χ1v) is 5.67. The highest BCUT2D eigenvalue weighted by atomic mass is 35.5. The second-order valence-electron chi connectivity index (χ2n) is 3.34. The monoisotopic (exact) mass is 252 g/mol. The molecular weight excluding hydrogens is 240 g/mol. The first-order chi connectivity index (χ1) is 8.13.